The lowest BCUT2D eigenvalue weighted by Gasteiger charge is -2.52. The number of nitrogens with one attached hydrogen (secondary N) is 1. The predicted octanol–water partition coefficient (Wildman–Crippen LogP) is 8.95. The van der Waals surface area contributed by atoms with E-state index in [-0.39, 0.29) is 0 Å². The Labute approximate surface area is 219 Å². The molecule has 1 fully saturated rings. The van der Waals surface area contributed by atoms with Crippen molar-refractivity contribution in [2.45, 2.75) is 40.0 Å². The highest BCUT2D eigenvalue weighted by molar-refractivity contribution is 5.75. The molecule has 1 N–H and O–H groups in total. The first kappa shape index (κ1) is 24.6. The average Bonchev–Trinajstić information content (AvgIpc) is 2.93. The minimum absolute atomic E-state index is 0.508. The Balaban J connectivity index is 0.000000115. The Bertz CT molecular complexity index is 1240. The molecular formula is C32H33N3O2. The Morgan fingerprint density at radius 3 is 2.03 bits per heavy atom. The van der Waals surface area contributed by atoms with E-state index in [1.807, 2.05) is 78.9 Å². The number of hydrogen-bond donors (Lipinski definition) is 1. The van der Waals surface area contributed by atoms with Crippen LogP contribution in [-0.2, 0) is 0 Å². The van der Waals surface area contributed by atoms with Gasteiger partial charge in [-0.25, -0.2) is 0 Å². The number of ether oxygens (including phenoxy) is 2. The zero-order valence-electron chi connectivity index (χ0n) is 21.6. The number of aromatic nitrogens is 2. The molecule has 4 aromatic rings. The van der Waals surface area contributed by atoms with Crippen molar-refractivity contribution >= 4 is 11.4 Å². The van der Waals surface area contributed by atoms with Crippen molar-refractivity contribution in [3.05, 3.63) is 108 Å². The number of rotatable bonds is 2. The molecule has 0 saturated heterocycles. The summed E-state index contributed by atoms with van der Waals surface area (Å²) < 4.78 is 11.1. The Hall–Kier alpha value is -4.12. The molecule has 5 heteroatoms. The molecule has 0 amide bonds. The number of allylic oxidation sites excluding steroid dienone is 2. The first-order valence-electron chi connectivity index (χ1n) is 12.8. The summed E-state index contributed by atoms with van der Waals surface area (Å²) >= 11 is 0. The zero-order valence-corrected chi connectivity index (χ0v) is 21.6. The quantitative estimate of drug-likeness (QED) is 0.250. The van der Waals surface area contributed by atoms with Crippen molar-refractivity contribution in [1.29, 1.82) is 0 Å². The lowest BCUT2D eigenvalue weighted by atomic mass is 9.52. The fraction of sp³-hybridized carbons (Fsp3) is 0.250. The third kappa shape index (κ3) is 5.67. The van der Waals surface area contributed by atoms with Crippen LogP contribution in [0, 0.1) is 11.3 Å². The summed E-state index contributed by atoms with van der Waals surface area (Å²) in [7, 11) is 0. The molecule has 2 heterocycles. The minimum Gasteiger partial charge on any atom is -0.453 e. The van der Waals surface area contributed by atoms with E-state index in [0.717, 1.165) is 34.5 Å². The van der Waals surface area contributed by atoms with Crippen LogP contribution in [0.15, 0.2) is 108 Å². The lowest BCUT2D eigenvalue weighted by molar-refractivity contribution is 0.133. The minimum atomic E-state index is 0.508. The van der Waals surface area contributed by atoms with E-state index < -0.39 is 0 Å². The first-order valence-corrected chi connectivity index (χ1v) is 12.8. The largest absolute Gasteiger partial charge is 0.453 e. The van der Waals surface area contributed by atoms with Crippen LogP contribution >= 0.6 is 0 Å². The number of benzene rings is 3. The predicted molar refractivity (Wildman–Crippen MR) is 149 cm³/mol. The van der Waals surface area contributed by atoms with Gasteiger partial charge in [-0.15, -0.1) is 5.10 Å². The summed E-state index contributed by atoms with van der Waals surface area (Å²) in [6.07, 6.45) is 5.85. The molecule has 1 aliphatic heterocycles. The van der Waals surface area contributed by atoms with Gasteiger partial charge in [0.05, 0.1) is 11.4 Å². The number of anilines is 2. The number of fused-ring (bicyclic) bond motifs is 4. The second-order valence-corrected chi connectivity index (χ2v) is 10.1. The van der Waals surface area contributed by atoms with Crippen LogP contribution in [0.2, 0.25) is 0 Å². The molecule has 8 rings (SSSR count). The van der Waals surface area contributed by atoms with Gasteiger partial charge in [-0.1, -0.05) is 67.5 Å². The highest BCUT2D eigenvalue weighted by Crippen LogP contribution is 2.58. The third-order valence-corrected chi connectivity index (χ3v) is 7.41. The molecule has 3 aliphatic carbocycles. The van der Waals surface area contributed by atoms with Crippen LogP contribution < -0.4 is 14.8 Å². The SMILES string of the molecule is CC1=C2CC(CC1)C2(C)C.c1ccc(Oc2cccnn2)cc1.c1ccc2c(c1)Nc1ccccc1O2. The summed E-state index contributed by atoms with van der Waals surface area (Å²) in [5, 5.41) is 10.8. The third-order valence-electron chi connectivity index (χ3n) is 7.41. The second kappa shape index (κ2) is 10.9. The molecule has 1 aromatic heterocycles. The summed E-state index contributed by atoms with van der Waals surface area (Å²) in [6.45, 7) is 7.12. The molecule has 1 unspecified atom stereocenters. The van der Waals surface area contributed by atoms with Gasteiger partial charge in [0.2, 0.25) is 5.88 Å². The van der Waals surface area contributed by atoms with Gasteiger partial charge in [0.15, 0.2) is 11.5 Å². The zero-order chi connectivity index (χ0) is 25.7. The highest BCUT2D eigenvalue weighted by Gasteiger charge is 2.46. The fourth-order valence-corrected chi connectivity index (χ4v) is 5.14. The maximum atomic E-state index is 5.71. The van der Waals surface area contributed by atoms with Gasteiger partial charge in [-0.05, 0) is 80.0 Å². The topological polar surface area (TPSA) is 56.3 Å². The van der Waals surface area contributed by atoms with Crippen molar-refractivity contribution in [3.8, 4) is 23.1 Å². The van der Waals surface area contributed by atoms with Crippen LogP contribution in [0.5, 0.6) is 23.1 Å². The van der Waals surface area contributed by atoms with Crippen LogP contribution in [0.25, 0.3) is 0 Å². The molecule has 2 bridgehead atoms. The van der Waals surface area contributed by atoms with E-state index in [1.54, 1.807) is 29.5 Å². The highest BCUT2D eigenvalue weighted by atomic mass is 16.5. The second-order valence-electron chi connectivity index (χ2n) is 10.1. The normalized spacial score (nSPS) is 17.5. The van der Waals surface area contributed by atoms with E-state index >= 15 is 0 Å². The Morgan fingerprint density at radius 2 is 1.49 bits per heavy atom. The van der Waals surface area contributed by atoms with Crippen molar-refractivity contribution < 1.29 is 9.47 Å². The number of para-hydroxylation sites is 5. The summed E-state index contributed by atoms with van der Waals surface area (Å²) in [5.41, 5.74) is 6.08. The molecule has 37 heavy (non-hydrogen) atoms. The monoisotopic (exact) mass is 491 g/mol. The lowest BCUT2D eigenvalue weighted by Crippen LogP contribution is -2.41. The van der Waals surface area contributed by atoms with Crippen molar-refractivity contribution in [1.82, 2.24) is 10.2 Å². The summed E-state index contributed by atoms with van der Waals surface area (Å²) in [6, 6.07) is 28.9. The number of hydrogen-bond acceptors (Lipinski definition) is 5. The molecule has 188 valence electrons. The van der Waals surface area contributed by atoms with Gasteiger partial charge in [0, 0.05) is 12.3 Å². The van der Waals surface area contributed by atoms with Crippen LogP contribution in [0.1, 0.15) is 40.0 Å². The smallest absolute Gasteiger partial charge is 0.238 e. The van der Waals surface area contributed by atoms with Gasteiger partial charge in [-0.2, -0.15) is 5.10 Å². The van der Waals surface area contributed by atoms with Gasteiger partial charge < -0.3 is 14.8 Å². The molecule has 4 aliphatic rings. The molecule has 5 nitrogen and oxygen atoms in total. The molecule has 0 spiro atoms. The Kier molecular flexibility index (Phi) is 7.22. The average molecular weight is 492 g/mol. The summed E-state index contributed by atoms with van der Waals surface area (Å²) in [5.74, 6) is 4.06. The maximum absolute atomic E-state index is 5.71. The molecular weight excluding hydrogens is 458 g/mol. The first-order chi connectivity index (χ1) is 18.0. The fourth-order valence-electron chi connectivity index (χ4n) is 5.14. The molecule has 0 radical (unpaired) electrons. The van der Waals surface area contributed by atoms with E-state index in [1.165, 1.54) is 19.3 Å². The van der Waals surface area contributed by atoms with Crippen molar-refractivity contribution in [3.63, 3.8) is 0 Å². The maximum Gasteiger partial charge on any atom is 0.238 e. The van der Waals surface area contributed by atoms with E-state index in [4.69, 9.17) is 9.47 Å². The van der Waals surface area contributed by atoms with E-state index in [0.29, 0.717) is 11.3 Å². The standard InChI is InChI=1S/C12H9NO.C10H8N2O.C10H16/c1-3-7-11-9(5-1)13-10-6-2-4-8-12(10)14-11;1-2-5-9(6-3-1)13-10-7-4-8-11-12-10;1-7-4-5-8-6-9(7)10(8,2)3/h1-8,13H;1-8H;8H,4-6H2,1-3H3. The van der Waals surface area contributed by atoms with Crippen molar-refractivity contribution in [2.75, 3.05) is 5.32 Å². The van der Waals surface area contributed by atoms with Gasteiger partial charge >= 0.3 is 0 Å². The molecule has 1 saturated carbocycles. The van der Waals surface area contributed by atoms with Gasteiger partial charge in [-0.3, -0.25) is 0 Å². The van der Waals surface area contributed by atoms with Crippen LogP contribution in [0.4, 0.5) is 11.4 Å². The van der Waals surface area contributed by atoms with Crippen molar-refractivity contribution in [2.24, 2.45) is 11.3 Å². The Morgan fingerprint density at radius 1 is 0.838 bits per heavy atom. The number of nitrogens with zero attached hydrogens (tertiary/aromatic N) is 2. The van der Waals surface area contributed by atoms with Crippen LogP contribution in [0.3, 0.4) is 0 Å². The summed E-state index contributed by atoms with van der Waals surface area (Å²) in [4.78, 5) is 0. The van der Waals surface area contributed by atoms with E-state index in [9.17, 15) is 0 Å². The van der Waals surface area contributed by atoms with Gasteiger partial charge in [0.25, 0.3) is 0 Å². The van der Waals surface area contributed by atoms with Gasteiger partial charge in [0.1, 0.15) is 5.75 Å². The molecule has 1 atom stereocenters. The molecule has 3 aromatic carbocycles. The van der Waals surface area contributed by atoms with E-state index in [2.05, 4.69) is 36.3 Å². The van der Waals surface area contributed by atoms with Crippen LogP contribution in [-0.4, -0.2) is 10.2 Å².